The highest BCUT2D eigenvalue weighted by molar-refractivity contribution is 5.93. The molecule has 5 heteroatoms. The first-order chi connectivity index (χ1) is 10.6. The average Bonchev–Trinajstić information content (AvgIpc) is 2.91. The summed E-state index contributed by atoms with van der Waals surface area (Å²) in [6, 6.07) is 12.1. The van der Waals surface area contributed by atoms with Crippen molar-refractivity contribution in [2.24, 2.45) is 0 Å². The third-order valence-electron chi connectivity index (χ3n) is 3.57. The molecule has 0 amide bonds. The van der Waals surface area contributed by atoms with E-state index < -0.39 is 0 Å². The average molecular weight is 292 g/mol. The smallest absolute Gasteiger partial charge is 0.181 e. The van der Waals surface area contributed by atoms with E-state index in [4.69, 9.17) is 0 Å². The SMILES string of the molecule is CC(=O)c1nnn(-c2ccc(Cc3ccncc3)cc2)c1C. The quantitative estimate of drug-likeness (QED) is 0.694. The van der Waals surface area contributed by atoms with Crippen LogP contribution in [0, 0.1) is 6.92 Å². The van der Waals surface area contributed by atoms with Crippen LogP contribution in [0.4, 0.5) is 0 Å². The molecule has 0 atom stereocenters. The highest BCUT2D eigenvalue weighted by Gasteiger charge is 2.13. The van der Waals surface area contributed by atoms with Crippen LogP contribution in [0.5, 0.6) is 0 Å². The predicted octanol–water partition coefficient (Wildman–Crippen LogP) is 2.76. The molecule has 0 bridgehead atoms. The lowest BCUT2D eigenvalue weighted by Gasteiger charge is -2.06. The standard InChI is InChI=1S/C17H16N4O/c1-12-17(13(2)22)19-20-21(12)16-5-3-14(4-6-16)11-15-7-9-18-10-8-15/h3-10H,11H2,1-2H3. The van der Waals surface area contributed by atoms with E-state index >= 15 is 0 Å². The van der Waals surface area contributed by atoms with Crippen molar-refractivity contribution in [2.45, 2.75) is 20.3 Å². The zero-order chi connectivity index (χ0) is 15.5. The van der Waals surface area contributed by atoms with Gasteiger partial charge >= 0.3 is 0 Å². The summed E-state index contributed by atoms with van der Waals surface area (Å²) in [5, 5.41) is 8.00. The molecule has 0 unspecified atom stereocenters. The second-order valence-electron chi connectivity index (χ2n) is 5.19. The molecule has 3 rings (SSSR count). The number of benzene rings is 1. The van der Waals surface area contributed by atoms with Crippen LogP contribution in [0.2, 0.25) is 0 Å². The third-order valence-corrected chi connectivity index (χ3v) is 3.57. The summed E-state index contributed by atoms with van der Waals surface area (Å²) < 4.78 is 1.69. The maximum absolute atomic E-state index is 11.4. The minimum absolute atomic E-state index is 0.0712. The van der Waals surface area contributed by atoms with Gasteiger partial charge in [-0.2, -0.15) is 0 Å². The molecule has 0 aliphatic carbocycles. The summed E-state index contributed by atoms with van der Waals surface area (Å²) in [7, 11) is 0. The molecule has 0 aliphatic rings. The molecule has 0 aliphatic heterocycles. The van der Waals surface area contributed by atoms with Crippen molar-refractivity contribution in [1.82, 2.24) is 20.0 Å². The van der Waals surface area contributed by atoms with Crippen molar-refractivity contribution in [1.29, 1.82) is 0 Å². The van der Waals surface area contributed by atoms with Gasteiger partial charge in [-0.3, -0.25) is 9.78 Å². The number of ketones is 1. The van der Waals surface area contributed by atoms with E-state index in [0.29, 0.717) is 5.69 Å². The summed E-state index contributed by atoms with van der Waals surface area (Å²) in [5.41, 5.74) is 4.50. The van der Waals surface area contributed by atoms with Gasteiger partial charge in [0.2, 0.25) is 0 Å². The molecule has 0 fully saturated rings. The summed E-state index contributed by atoms with van der Waals surface area (Å²) in [4.78, 5) is 15.5. The summed E-state index contributed by atoms with van der Waals surface area (Å²) in [6.07, 6.45) is 4.45. The van der Waals surface area contributed by atoms with Gasteiger partial charge < -0.3 is 0 Å². The monoisotopic (exact) mass is 292 g/mol. The Hall–Kier alpha value is -2.82. The first-order valence-electron chi connectivity index (χ1n) is 7.06. The fraction of sp³-hybridized carbons (Fsp3) is 0.176. The van der Waals surface area contributed by atoms with E-state index in [1.165, 1.54) is 18.1 Å². The van der Waals surface area contributed by atoms with Gasteiger partial charge in [0.1, 0.15) is 0 Å². The number of hydrogen-bond acceptors (Lipinski definition) is 4. The number of nitrogens with zero attached hydrogens (tertiary/aromatic N) is 4. The second kappa shape index (κ2) is 5.89. The van der Waals surface area contributed by atoms with Crippen LogP contribution >= 0.6 is 0 Å². The minimum atomic E-state index is -0.0712. The van der Waals surface area contributed by atoms with Crippen LogP contribution < -0.4 is 0 Å². The number of rotatable bonds is 4. The van der Waals surface area contributed by atoms with Crippen LogP contribution in [0.15, 0.2) is 48.8 Å². The zero-order valence-electron chi connectivity index (χ0n) is 12.5. The number of hydrogen-bond donors (Lipinski definition) is 0. The molecule has 0 saturated heterocycles. The first kappa shape index (κ1) is 14.1. The molecular formula is C17H16N4O. The third kappa shape index (κ3) is 2.79. The van der Waals surface area contributed by atoms with Crippen molar-refractivity contribution >= 4 is 5.78 Å². The molecular weight excluding hydrogens is 276 g/mol. The Morgan fingerprint density at radius 1 is 1.05 bits per heavy atom. The van der Waals surface area contributed by atoms with E-state index in [2.05, 4.69) is 27.4 Å². The number of pyridine rings is 1. The molecule has 0 spiro atoms. The Labute approximate surface area is 128 Å². The van der Waals surface area contributed by atoms with Crippen molar-refractivity contribution < 1.29 is 4.79 Å². The highest BCUT2D eigenvalue weighted by Crippen LogP contribution is 2.15. The maximum atomic E-state index is 11.4. The molecule has 0 saturated carbocycles. The number of carbonyl (C=O) groups excluding carboxylic acids is 1. The Morgan fingerprint density at radius 2 is 1.68 bits per heavy atom. The Kier molecular flexibility index (Phi) is 3.78. The molecule has 5 nitrogen and oxygen atoms in total. The largest absolute Gasteiger partial charge is 0.293 e. The maximum Gasteiger partial charge on any atom is 0.181 e. The van der Waals surface area contributed by atoms with Crippen molar-refractivity contribution in [3.63, 3.8) is 0 Å². The molecule has 22 heavy (non-hydrogen) atoms. The van der Waals surface area contributed by atoms with E-state index in [-0.39, 0.29) is 5.78 Å². The highest BCUT2D eigenvalue weighted by atomic mass is 16.1. The van der Waals surface area contributed by atoms with Crippen molar-refractivity contribution in [3.8, 4) is 5.69 Å². The van der Waals surface area contributed by atoms with E-state index in [0.717, 1.165) is 17.8 Å². The van der Waals surface area contributed by atoms with Crippen LogP contribution in [0.3, 0.4) is 0 Å². The minimum Gasteiger partial charge on any atom is -0.293 e. The predicted molar refractivity (Wildman–Crippen MR) is 83.1 cm³/mol. The molecule has 2 heterocycles. The summed E-state index contributed by atoms with van der Waals surface area (Å²) in [6.45, 7) is 3.35. The second-order valence-corrected chi connectivity index (χ2v) is 5.19. The lowest BCUT2D eigenvalue weighted by atomic mass is 10.1. The van der Waals surface area contributed by atoms with Crippen molar-refractivity contribution in [2.75, 3.05) is 0 Å². The number of Topliss-reactive ketones (excluding diaryl/α,β-unsaturated/α-hetero) is 1. The van der Waals surface area contributed by atoms with Crippen LogP contribution in [0.25, 0.3) is 5.69 Å². The Bertz CT molecular complexity index is 791. The Balaban J connectivity index is 1.84. The van der Waals surface area contributed by atoms with Gasteiger partial charge in [0.05, 0.1) is 11.4 Å². The van der Waals surface area contributed by atoms with Crippen LogP contribution in [-0.4, -0.2) is 25.8 Å². The van der Waals surface area contributed by atoms with Gasteiger partial charge in [-0.15, -0.1) is 5.10 Å². The molecule has 110 valence electrons. The fourth-order valence-corrected chi connectivity index (χ4v) is 2.39. The zero-order valence-corrected chi connectivity index (χ0v) is 12.5. The molecule has 3 aromatic rings. The van der Waals surface area contributed by atoms with Gasteiger partial charge in [-0.05, 0) is 48.7 Å². The van der Waals surface area contributed by atoms with E-state index in [1.54, 1.807) is 17.1 Å². The molecule has 0 radical (unpaired) electrons. The van der Waals surface area contributed by atoms with Crippen LogP contribution in [-0.2, 0) is 6.42 Å². The molecule has 2 aromatic heterocycles. The van der Waals surface area contributed by atoms with E-state index in [9.17, 15) is 4.79 Å². The molecule has 1 aromatic carbocycles. The lowest BCUT2D eigenvalue weighted by molar-refractivity contribution is 0.101. The van der Waals surface area contributed by atoms with Gasteiger partial charge in [-0.1, -0.05) is 17.3 Å². The lowest BCUT2D eigenvalue weighted by Crippen LogP contribution is -2.01. The summed E-state index contributed by atoms with van der Waals surface area (Å²) in [5.74, 6) is -0.0712. The van der Waals surface area contributed by atoms with Crippen LogP contribution in [0.1, 0.15) is 34.2 Å². The number of carbonyl (C=O) groups is 1. The number of aromatic nitrogens is 4. The molecule has 0 N–H and O–H groups in total. The van der Waals surface area contributed by atoms with Gasteiger partial charge in [0, 0.05) is 19.3 Å². The van der Waals surface area contributed by atoms with E-state index in [1.807, 2.05) is 31.2 Å². The first-order valence-corrected chi connectivity index (χ1v) is 7.06. The Morgan fingerprint density at radius 3 is 2.27 bits per heavy atom. The van der Waals surface area contributed by atoms with Gasteiger partial charge in [0.25, 0.3) is 0 Å². The topological polar surface area (TPSA) is 60.7 Å². The summed E-state index contributed by atoms with van der Waals surface area (Å²) >= 11 is 0. The normalized spacial score (nSPS) is 10.6. The fourth-order valence-electron chi connectivity index (χ4n) is 2.39. The van der Waals surface area contributed by atoms with Gasteiger partial charge in [0.15, 0.2) is 11.5 Å². The van der Waals surface area contributed by atoms with Gasteiger partial charge in [-0.25, -0.2) is 4.68 Å². The van der Waals surface area contributed by atoms with Crippen molar-refractivity contribution in [3.05, 3.63) is 71.3 Å².